The van der Waals surface area contributed by atoms with Crippen LogP contribution in [0.25, 0.3) is 17.8 Å². The van der Waals surface area contributed by atoms with Gasteiger partial charge in [-0.25, -0.2) is 9.59 Å². The molecule has 0 radical (unpaired) electrons. The van der Waals surface area contributed by atoms with Crippen molar-refractivity contribution in [2.45, 2.75) is 52.6 Å². The lowest BCUT2D eigenvalue weighted by atomic mass is 10.0. The van der Waals surface area contributed by atoms with E-state index in [0.29, 0.717) is 31.4 Å². The molecule has 70 heavy (non-hydrogen) atoms. The molecule has 4 amide bonds. The molecule has 1 N–H and O–H groups in total. The van der Waals surface area contributed by atoms with E-state index in [9.17, 15) is 29.1 Å². The van der Waals surface area contributed by atoms with E-state index in [1.54, 1.807) is 24.4 Å². The molecule has 352 valence electrons. The minimum Gasteiger partial charge on any atom is -0.494 e. The Morgan fingerprint density at radius 1 is 0.543 bits per heavy atom. The summed E-state index contributed by atoms with van der Waals surface area (Å²) in [6.07, 6.45) is 10.4. The number of aromatic nitrogens is 3. The van der Waals surface area contributed by atoms with Crippen molar-refractivity contribution in [2.24, 2.45) is 4.99 Å². The van der Waals surface area contributed by atoms with E-state index in [1.807, 2.05) is 172 Å². The van der Waals surface area contributed by atoms with Gasteiger partial charge in [0.1, 0.15) is 11.1 Å². The van der Waals surface area contributed by atoms with Gasteiger partial charge in [0.25, 0.3) is 17.4 Å². The second-order valence-electron chi connectivity index (χ2n) is 17.0. The zero-order valence-corrected chi connectivity index (χ0v) is 39.2. The van der Waals surface area contributed by atoms with Crippen LogP contribution in [0, 0.1) is 13.8 Å². The van der Waals surface area contributed by atoms with Crippen molar-refractivity contribution in [3.05, 3.63) is 247 Å². The van der Waals surface area contributed by atoms with Gasteiger partial charge in [-0.05, 0) is 110 Å². The van der Waals surface area contributed by atoms with Crippen molar-refractivity contribution in [3.8, 4) is 11.6 Å². The number of para-hydroxylation sites is 1. The first-order valence-corrected chi connectivity index (χ1v) is 23.4. The number of allylic oxidation sites excluding steroid dienone is 2. The Bertz CT molecular complexity index is 3140. The van der Waals surface area contributed by atoms with Crippen LogP contribution in [0.4, 0.5) is 4.79 Å². The van der Waals surface area contributed by atoms with Gasteiger partial charge >= 0.3 is 11.7 Å². The molecule has 1 saturated heterocycles. The number of amides is 4. The van der Waals surface area contributed by atoms with E-state index >= 15 is 0 Å². The van der Waals surface area contributed by atoms with E-state index in [0.717, 1.165) is 44.9 Å². The van der Waals surface area contributed by atoms with Crippen LogP contribution in [-0.4, -0.2) is 65.8 Å². The topological polar surface area (TPSA) is 139 Å². The smallest absolute Gasteiger partial charge is 0.333 e. The van der Waals surface area contributed by atoms with Gasteiger partial charge in [0, 0.05) is 49.5 Å². The number of aliphatic imine (C=N–C) groups is 1. The van der Waals surface area contributed by atoms with Crippen LogP contribution < -0.4 is 11.2 Å². The van der Waals surface area contributed by atoms with E-state index in [4.69, 9.17) is 0 Å². The Morgan fingerprint density at radius 3 is 1.44 bits per heavy atom. The standard InChI is InChI=1S/C33H31N3O3.C25H23N3O3/c1-24-22-28(25(2)36(24)29-16-10-5-11-17-29)23-30-31(37)34(20-18-26-12-6-3-7-13-26)33(39)35(32(30)38)21-19-27-14-8-4-9-15-27;29-23-22(18-21-12-7-15-26-21)24(30)28(17-14-20-10-5-2-6-11-20)25(31)27(23)16-13-19-8-3-1-4-9-19/h3-17,22-23H,18-21H2,1-2H3;1-12,15,18,29H,13-14,16-17H2. The maximum absolute atomic E-state index is 13.6. The molecular formula is C58H54N6O6. The number of carbonyl (C=O) groups excluding carboxylic acids is 3. The maximum Gasteiger partial charge on any atom is 0.333 e. The summed E-state index contributed by atoms with van der Waals surface area (Å²) in [5.74, 6) is -1.44. The molecule has 0 spiro atoms. The fraction of sp³-hybridized carbons (Fsp3) is 0.172. The number of barbiturate groups is 1. The van der Waals surface area contributed by atoms with Crippen molar-refractivity contribution in [2.75, 3.05) is 13.1 Å². The number of hydrogen-bond donors (Lipinski definition) is 1. The molecule has 0 bridgehead atoms. The van der Waals surface area contributed by atoms with Crippen molar-refractivity contribution < 1.29 is 19.5 Å². The number of nitrogens with zero attached hydrogens (tertiary/aromatic N) is 6. The van der Waals surface area contributed by atoms with Crippen LogP contribution in [0.1, 0.15) is 44.8 Å². The highest BCUT2D eigenvalue weighted by molar-refractivity contribution is 6.31. The maximum atomic E-state index is 13.6. The molecule has 0 atom stereocenters. The average Bonchev–Trinajstić information content (AvgIpc) is 4.01. The van der Waals surface area contributed by atoms with Gasteiger partial charge in [-0.15, -0.1) is 0 Å². The van der Waals surface area contributed by atoms with Crippen molar-refractivity contribution in [1.82, 2.24) is 23.5 Å². The Hall–Kier alpha value is -8.64. The van der Waals surface area contributed by atoms with Crippen molar-refractivity contribution >= 4 is 36.2 Å². The number of aromatic hydroxyl groups is 1. The molecule has 5 aromatic carbocycles. The number of urea groups is 1. The highest BCUT2D eigenvalue weighted by atomic mass is 16.3. The first kappa shape index (κ1) is 47.8. The van der Waals surface area contributed by atoms with Gasteiger partial charge in [0.15, 0.2) is 0 Å². The number of aryl methyl sites for hydroxylation is 3. The van der Waals surface area contributed by atoms with Gasteiger partial charge in [-0.1, -0.05) is 140 Å². The van der Waals surface area contributed by atoms with Gasteiger partial charge < -0.3 is 9.67 Å². The largest absolute Gasteiger partial charge is 0.494 e. The lowest BCUT2D eigenvalue weighted by molar-refractivity contribution is -0.135. The Morgan fingerprint density at radius 2 is 0.986 bits per heavy atom. The van der Waals surface area contributed by atoms with Crippen LogP contribution >= 0.6 is 0 Å². The first-order chi connectivity index (χ1) is 34.1. The summed E-state index contributed by atoms with van der Waals surface area (Å²) < 4.78 is 4.57. The minimum atomic E-state index is -0.566. The summed E-state index contributed by atoms with van der Waals surface area (Å²) in [5, 5.41) is 10.8. The summed E-state index contributed by atoms with van der Waals surface area (Å²) >= 11 is 0. The zero-order chi connectivity index (χ0) is 49.0. The van der Waals surface area contributed by atoms with Gasteiger partial charge in [-0.2, -0.15) is 0 Å². The molecule has 0 aliphatic carbocycles. The molecule has 7 aromatic rings. The lowest BCUT2D eigenvalue weighted by Gasteiger charge is -2.34. The highest BCUT2D eigenvalue weighted by Crippen LogP contribution is 2.27. The summed E-state index contributed by atoms with van der Waals surface area (Å²) in [6, 6.07) is 50.2. The Balaban J connectivity index is 0.000000193. The number of hydrogen-bond acceptors (Lipinski definition) is 7. The summed E-state index contributed by atoms with van der Waals surface area (Å²) in [7, 11) is 0. The monoisotopic (exact) mass is 930 g/mol. The molecule has 12 heteroatoms. The van der Waals surface area contributed by atoms with Crippen LogP contribution in [-0.2, 0) is 48.4 Å². The predicted octanol–water partition coefficient (Wildman–Crippen LogP) is 8.94. The number of carbonyl (C=O) groups is 3. The molecule has 12 nitrogen and oxygen atoms in total. The van der Waals surface area contributed by atoms with Crippen LogP contribution in [0.3, 0.4) is 0 Å². The minimum absolute atomic E-state index is 0.00374. The summed E-state index contributed by atoms with van der Waals surface area (Å²) in [5.41, 5.74) is 7.37. The van der Waals surface area contributed by atoms with E-state index in [-0.39, 0.29) is 43.2 Å². The van der Waals surface area contributed by atoms with Crippen molar-refractivity contribution in [3.63, 3.8) is 0 Å². The van der Waals surface area contributed by atoms with Crippen LogP contribution in [0.5, 0.6) is 5.88 Å². The molecule has 0 unspecified atom stereocenters. The fourth-order valence-electron chi connectivity index (χ4n) is 8.61. The van der Waals surface area contributed by atoms with Gasteiger partial charge in [-0.3, -0.25) is 38.3 Å². The first-order valence-electron chi connectivity index (χ1n) is 23.4. The molecular weight excluding hydrogens is 877 g/mol. The van der Waals surface area contributed by atoms with E-state index in [1.165, 1.54) is 25.0 Å². The van der Waals surface area contributed by atoms with Crippen LogP contribution in [0.15, 0.2) is 196 Å². The molecule has 4 heterocycles. The molecule has 1 fully saturated rings. The fourth-order valence-corrected chi connectivity index (χ4v) is 8.61. The third-order valence-electron chi connectivity index (χ3n) is 12.4. The summed E-state index contributed by atoms with van der Waals surface area (Å²) in [4.78, 5) is 73.6. The lowest BCUT2D eigenvalue weighted by Crippen LogP contribution is -2.57. The number of rotatable bonds is 15. The third-order valence-corrected chi connectivity index (χ3v) is 12.4. The molecule has 0 saturated carbocycles. The second-order valence-corrected chi connectivity index (χ2v) is 17.0. The average molecular weight is 931 g/mol. The van der Waals surface area contributed by atoms with E-state index < -0.39 is 29.1 Å². The SMILES string of the molecule is Cc1cc(C=C2C(=O)N(CCc3ccccc3)C(=O)N(CCc3ccccc3)C2=O)c(C)n1-c1ccccc1.O=c1c(C=C2C=CC=N2)c(O)n(CCc2ccccc2)c(=O)n1CCc1ccccc1. The van der Waals surface area contributed by atoms with Crippen molar-refractivity contribution in [1.29, 1.82) is 0 Å². The molecule has 2 aromatic heterocycles. The summed E-state index contributed by atoms with van der Waals surface area (Å²) in [6.45, 7) is 4.83. The third kappa shape index (κ3) is 11.2. The quantitative estimate of drug-likeness (QED) is 0.0805. The molecule has 2 aliphatic rings. The zero-order valence-electron chi connectivity index (χ0n) is 39.2. The predicted molar refractivity (Wildman–Crippen MR) is 275 cm³/mol. The molecule has 9 rings (SSSR count). The van der Waals surface area contributed by atoms with Gasteiger partial charge in [0.05, 0.1) is 5.70 Å². The number of imide groups is 2. The highest BCUT2D eigenvalue weighted by Gasteiger charge is 2.41. The second kappa shape index (κ2) is 22.4. The Kier molecular flexibility index (Phi) is 15.3. The van der Waals surface area contributed by atoms with E-state index in [2.05, 4.69) is 9.56 Å². The molecule has 2 aliphatic heterocycles. The Labute approximate surface area is 406 Å². The van der Waals surface area contributed by atoms with Crippen LogP contribution in [0.2, 0.25) is 0 Å². The van der Waals surface area contributed by atoms with Gasteiger partial charge in [0.2, 0.25) is 5.88 Å². The number of benzene rings is 5. The normalized spacial score (nSPS) is 13.8.